The highest BCUT2D eigenvalue weighted by Crippen LogP contribution is 2.30. The Morgan fingerprint density at radius 3 is 2.61 bits per heavy atom. The number of aromatic nitrogens is 4. The number of aryl methyl sites for hydroxylation is 1. The summed E-state index contributed by atoms with van der Waals surface area (Å²) in [5.41, 5.74) is 4.21. The number of anilines is 1. The van der Waals surface area contributed by atoms with Crippen molar-refractivity contribution in [3.05, 3.63) is 70.6 Å². The second-order valence-electron chi connectivity index (χ2n) is 6.82. The molecule has 2 heterocycles. The van der Waals surface area contributed by atoms with E-state index in [1.807, 2.05) is 12.1 Å². The summed E-state index contributed by atoms with van der Waals surface area (Å²) >= 11 is 6.03. The lowest BCUT2D eigenvalue weighted by atomic mass is 10.1. The van der Waals surface area contributed by atoms with E-state index in [1.54, 1.807) is 62.1 Å². The summed E-state index contributed by atoms with van der Waals surface area (Å²) in [5.74, 6) is 0.247. The number of hydrogen-bond donors (Lipinski definition) is 1. The van der Waals surface area contributed by atoms with E-state index in [2.05, 4.69) is 20.6 Å². The maximum atomic E-state index is 12.9. The van der Waals surface area contributed by atoms with Crippen molar-refractivity contribution < 1.29 is 14.3 Å². The van der Waals surface area contributed by atoms with Crippen molar-refractivity contribution in [2.24, 2.45) is 0 Å². The first-order chi connectivity index (χ1) is 15.0. The van der Waals surface area contributed by atoms with Crippen molar-refractivity contribution in [2.45, 2.75) is 13.5 Å². The molecule has 0 aliphatic heterocycles. The molecular weight excluding hydrogens is 418 g/mol. The predicted molar refractivity (Wildman–Crippen MR) is 118 cm³/mol. The third-order valence-electron chi connectivity index (χ3n) is 4.80. The van der Waals surface area contributed by atoms with Gasteiger partial charge in [0.15, 0.2) is 11.3 Å². The minimum absolute atomic E-state index is 0.171. The van der Waals surface area contributed by atoms with Crippen molar-refractivity contribution in [1.82, 2.24) is 19.8 Å². The summed E-state index contributed by atoms with van der Waals surface area (Å²) in [6.45, 7) is 2.06. The van der Waals surface area contributed by atoms with E-state index >= 15 is 0 Å². The van der Waals surface area contributed by atoms with E-state index < -0.39 is 5.91 Å². The molecule has 4 aromatic rings. The molecule has 1 amide bonds. The van der Waals surface area contributed by atoms with Gasteiger partial charge < -0.3 is 14.8 Å². The lowest BCUT2D eigenvalue weighted by molar-refractivity contribution is 0.102. The Morgan fingerprint density at radius 2 is 1.90 bits per heavy atom. The summed E-state index contributed by atoms with van der Waals surface area (Å²) in [7, 11) is 3.17. The maximum absolute atomic E-state index is 12.9. The zero-order valence-electron chi connectivity index (χ0n) is 17.2. The van der Waals surface area contributed by atoms with Gasteiger partial charge in [-0.05, 0) is 36.8 Å². The highest BCUT2D eigenvalue weighted by atomic mass is 35.5. The number of fused-ring (bicyclic) bond motifs is 1. The fraction of sp³-hybridized carbons (Fsp3) is 0.182. The van der Waals surface area contributed by atoms with E-state index in [9.17, 15) is 4.79 Å². The van der Waals surface area contributed by atoms with Crippen LogP contribution in [0.15, 0.2) is 48.5 Å². The monoisotopic (exact) mass is 437 g/mol. The number of halogens is 1. The molecule has 9 heteroatoms. The fourth-order valence-electron chi connectivity index (χ4n) is 3.30. The number of ether oxygens (including phenoxy) is 2. The van der Waals surface area contributed by atoms with E-state index in [0.29, 0.717) is 33.5 Å². The molecule has 0 radical (unpaired) electrons. The van der Waals surface area contributed by atoms with Crippen LogP contribution in [0.2, 0.25) is 5.02 Å². The van der Waals surface area contributed by atoms with Gasteiger partial charge in [-0.1, -0.05) is 29.8 Å². The van der Waals surface area contributed by atoms with Gasteiger partial charge in [0.05, 0.1) is 30.7 Å². The number of hydrogen-bond acceptors (Lipinski definition) is 6. The first-order valence-electron chi connectivity index (χ1n) is 9.47. The third-order valence-corrected chi connectivity index (χ3v) is 5.05. The van der Waals surface area contributed by atoms with Gasteiger partial charge in [0.25, 0.3) is 5.91 Å². The summed E-state index contributed by atoms with van der Waals surface area (Å²) in [5, 5.41) is 16.6. The molecular formula is C22H20ClN5O3. The molecule has 1 N–H and O–H groups in total. The van der Waals surface area contributed by atoms with Crippen LogP contribution >= 0.6 is 11.6 Å². The fourth-order valence-corrected chi connectivity index (χ4v) is 3.43. The Morgan fingerprint density at radius 1 is 1.13 bits per heavy atom. The average Bonchev–Trinajstić information content (AvgIpc) is 3.14. The van der Waals surface area contributed by atoms with Crippen molar-refractivity contribution in [3.8, 4) is 16.9 Å². The molecule has 0 bridgehead atoms. The van der Waals surface area contributed by atoms with E-state index in [4.69, 9.17) is 21.1 Å². The topological polar surface area (TPSA) is 90.6 Å². The first kappa shape index (κ1) is 20.8. The van der Waals surface area contributed by atoms with Crippen LogP contribution in [0.4, 0.5) is 5.69 Å². The van der Waals surface area contributed by atoms with Crippen LogP contribution in [-0.4, -0.2) is 39.9 Å². The highest BCUT2D eigenvalue weighted by Gasteiger charge is 2.22. The number of amides is 1. The number of carbonyl (C=O) groups is 1. The van der Waals surface area contributed by atoms with Crippen molar-refractivity contribution >= 4 is 28.8 Å². The SMILES string of the molecule is COCc1nn2c(C)c(C(=O)Nc3cccc(OC)c3)nnc2c1-c1ccc(Cl)cc1. The molecule has 0 spiro atoms. The highest BCUT2D eigenvalue weighted by molar-refractivity contribution is 6.30. The van der Waals surface area contributed by atoms with Crippen LogP contribution < -0.4 is 10.1 Å². The first-order valence-corrected chi connectivity index (χ1v) is 9.84. The number of rotatable bonds is 6. The molecule has 4 rings (SSSR count). The smallest absolute Gasteiger partial charge is 0.278 e. The standard InChI is InChI=1S/C22H20ClN5O3/c1-13-20(22(29)24-16-5-4-6-17(11-16)31-3)25-26-21-19(14-7-9-15(23)10-8-14)18(12-30-2)27-28(13)21/h4-11H,12H2,1-3H3,(H,24,29). The Labute approximate surface area is 183 Å². The van der Waals surface area contributed by atoms with Crippen LogP contribution in [0, 0.1) is 6.92 Å². The van der Waals surface area contributed by atoms with Crippen molar-refractivity contribution in [1.29, 1.82) is 0 Å². The minimum atomic E-state index is -0.392. The predicted octanol–water partition coefficient (Wildman–Crippen LogP) is 4.16. The van der Waals surface area contributed by atoms with Gasteiger partial charge in [0, 0.05) is 23.9 Å². The largest absolute Gasteiger partial charge is 0.497 e. The molecule has 0 aliphatic rings. The molecule has 0 atom stereocenters. The Kier molecular flexibility index (Phi) is 5.83. The normalized spacial score (nSPS) is 11.0. The van der Waals surface area contributed by atoms with Crippen LogP contribution in [0.25, 0.3) is 16.8 Å². The minimum Gasteiger partial charge on any atom is -0.497 e. The summed E-state index contributed by atoms with van der Waals surface area (Å²) in [4.78, 5) is 12.9. The molecule has 0 unspecified atom stereocenters. The molecule has 2 aromatic carbocycles. The third kappa shape index (κ3) is 4.08. The number of carbonyl (C=O) groups excluding carboxylic acids is 1. The quantitative estimate of drug-likeness (QED) is 0.487. The van der Waals surface area contributed by atoms with Gasteiger partial charge in [-0.15, -0.1) is 10.2 Å². The van der Waals surface area contributed by atoms with Crippen molar-refractivity contribution in [2.75, 3.05) is 19.5 Å². The summed E-state index contributed by atoms with van der Waals surface area (Å²) in [6.07, 6.45) is 0. The van der Waals surface area contributed by atoms with Gasteiger partial charge >= 0.3 is 0 Å². The maximum Gasteiger partial charge on any atom is 0.278 e. The Hall–Kier alpha value is -3.49. The molecule has 158 valence electrons. The molecule has 0 aliphatic carbocycles. The molecule has 2 aromatic heterocycles. The van der Waals surface area contributed by atoms with Crippen LogP contribution in [0.1, 0.15) is 21.9 Å². The molecule has 0 saturated heterocycles. The summed E-state index contributed by atoms with van der Waals surface area (Å²) < 4.78 is 12.1. The Balaban J connectivity index is 1.76. The lowest BCUT2D eigenvalue weighted by Crippen LogP contribution is -2.18. The second-order valence-corrected chi connectivity index (χ2v) is 7.25. The van der Waals surface area contributed by atoms with Crippen molar-refractivity contribution in [3.63, 3.8) is 0 Å². The molecule has 8 nitrogen and oxygen atoms in total. The Bertz CT molecular complexity index is 1250. The summed E-state index contributed by atoms with van der Waals surface area (Å²) in [6, 6.07) is 14.5. The number of methoxy groups -OCH3 is 2. The number of nitrogens with one attached hydrogen (secondary N) is 1. The van der Waals surface area contributed by atoms with Gasteiger partial charge in [-0.2, -0.15) is 5.10 Å². The van der Waals surface area contributed by atoms with Gasteiger partial charge in [-0.3, -0.25) is 4.79 Å². The molecule has 31 heavy (non-hydrogen) atoms. The van der Waals surface area contributed by atoms with Gasteiger partial charge in [-0.25, -0.2) is 4.52 Å². The van der Waals surface area contributed by atoms with E-state index in [-0.39, 0.29) is 12.3 Å². The zero-order valence-corrected chi connectivity index (χ0v) is 18.0. The van der Waals surface area contributed by atoms with Crippen LogP contribution in [-0.2, 0) is 11.3 Å². The van der Waals surface area contributed by atoms with E-state index in [0.717, 1.165) is 11.1 Å². The van der Waals surface area contributed by atoms with Gasteiger partial charge in [0.1, 0.15) is 5.75 Å². The van der Waals surface area contributed by atoms with Gasteiger partial charge in [0.2, 0.25) is 0 Å². The molecule has 0 saturated carbocycles. The van der Waals surface area contributed by atoms with Crippen LogP contribution in [0.5, 0.6) is 5.75 Å². The lowest BCUT2D eigenvalue weighted by Gasteiger charge is -2.09. The average molecular weight is 438 g/mol. The van der Waals surface area contributed by atoms with Crippen LogP contribution in [0.3, 0.4) is 0 Å². The number of benzene rings is 2. The van der Waals surface area contributed by atoms with E-state index in [1.165, 1.54) is 0 Å². The molecule has 0 fully saturated rings. The number of nitrogens with zero attached hydrogens (tertiary/aromatic N) is 4. The zero-order chi connectivity index (χ0) is 22.0. The second kappa shape index (κ2) is 8.71.